The van der Waals surface area contributed by atoms with Gasteiger partial charge in [0, 0.05) is 30.3 Å². The summed E-state index contributed by atoms with van der Waals surface area (Å²) in [6.07, 6.45) is 2.10. The summed E-state index contributed by atoms with van der Waals surface area (Å²) in [5, 5.41) is 8.29. The summed E-state index contributed by atoms with van der Waals surface area (Å²) in [6.45, 7) is 1.86. The molecule has 1 aromatic heterocycles. The van der Waals surface area contributed by atoms with Crippen molar-refractivity contribution in [2.75, 3.05) is 0 Å². The molecule has 0 saturated carbocycles. The summed E-state index contributed by atoms with van der Waals surface area (Å²) in [4.78, 5) is 15.3. The topological polar surface area (TPSA) is 53.8 Å². The third kappa shape index (κ3) is 2.68. The molecule has 1 aromatic rings. The highest BCUT2D eigenvalue weighted by Gasteiger charge is 2.04. The highest BCUT2D eigenvalue weighted by Crippen LogP contribution is 2.04. The lowest BCUT2D eigenvalue weighted by Crippen LogP contribution is -1.99. The first-order valence-corrected chi connectivity index (χ1v) is 4.07. The maximum Gasteiger partial charge on any atom is 0.165 e. The zero-order valence-electron chi connectivity index (χ0n) is 7.45. The highest BCUT2D eigenvalue weighted by molar-refractivity contribution is 5.95. The summed E-state index contributed by atoms with van der Waals surface area (Å²) in [5.41, 5.74) is 1.47. The van der Waals surface area contributed by atoms with Gasteiger partial charge in [-0.25, -0.2) is 0 Å². The second kappa shape index (κ2) is 4.36. The first kappa shape index (κ1) is 9.40. The van der Waals surface area contributed by atoms with Crippen molar-refractivity contribution in [1.82, 2.24) is 4.98 Å². The van der Waals surface area contributed by atoms with Crippen molar-refractivity contribution >= 4 is 5.78 Å². The fourth-order valence-corrected chi connectivity index (χ4v) is 0.947. The smallest absolute Gasteiger partial charge is 0.165 e. The van der Waals surface area contributed by atoms with E-state index in [9.17, 15) is 4.79 Å². The Labute approximate surface area is 77.0 Å². The molecule has 0 radical (unpaired) electrons. The van der Waals surface area contributed by atoms with E-state index in [1.54, 1.807) is 18.3 Å². The number of aromatic nitrogens is 1. The SMILES string of the molecule is Cc1ccc(C(=O)CCC#N)cn1. The molecule has 0 amide bonds. The van der Waals surface area contributed by atoms with Crippen molar-refractivity contribution in [1.29, 1.82) is 5.26 Å². The number of pyridine rings is 1. The molecule has 1 heterocycles. The average molecular weight is 174 g/mol. The second-order valence-electron chi connectivity index (χ2n) is 2.77. The van der Waals surface area contributed by atoms with E-state index in [2.05, 4.69) is 4.98 Å². The van der Waals surface area contributed by atoms with E-state index < -0.39 is 0 Å². The molecule has 1 rings (SSSR count). The standard InChI is InChI=1S/C10H10N2O/c1-8-4-5-9(7-12-8)10(13)3-2-6-11/h4-5,7H,2-3H2,1H3. The van der Waals surface area contributed by atoms with Crippen LogP contribution in [0.25, 0.3) is 0 Å². The minimum absolute atomic E-state index is 0.0194. The summed E-state index contributed by atoms with van der Waals surface area (Å²) in [6, 6.07) is 5.47. The van der Waals surface area contributed by atoms with Gasteiger partial charge in [-0.05, 0) is 19.1 Å². The quantitative estimate of drug-likeness (QED) is 0.657. The number of hydrogen-bond acceptors (Lipinski definition) is 3. The Morgan fingerprint density at radius 1 is 1.62 bits per heavy atom. The molecule has 13 heavy (non-hydrogen) atoms. The molecule has 3 heteroatoms. The molecule has 0 aliphatic heterocycles. The number of ketones is 1. The van der Waals surface area contributed by atoms with E-state index in [4.69, 9.17) is 5.26 Å². The van der Waals surface area contributed by atoms with Crippen LogP contribution in [0.4, 0.5) is 0 Å². The molecule has 0 aliphatic rings. The zero-order chi connectivity index (χ0) is 9.68. The number of Topliss-reactive ketones (excluding diaryl/α,β-unsaturated/α-hetero) is 1. The molecular weight excluding hydrogens is 164 g/mol. The number of nitriles is 1. The van der Waals surface area contributed by atoms with Gasteiger partial charge in [0.05, 0.1) is 6.07 Å². The minimum Gasteiger partial charge on any atom is -0.294 e. The molecule has 0 aromatic carbocycles. The molecule has 0 saturated heterocycles. The summed E-state index contributed by atoms with van der Waals surface area (Å²) >= 11 is 0. The van der Waals surface area contributed by atoms with Gasteiger partial charge in [0.25, 0.3) is 0 Å². The van der Waals surface area contributed by atoms with Crippen LogP contribution in [0.3, 0.4) is 0 Å². The predicted molar refractivity (Wildman–Crippen MR) is 48.2 cm³/mol. The van der Waals surface area contributed by atoms with Crippen LogP contribution in [0.5, 0.6) is 0 Å². The predicted octanol–water partition coefficient (Wildman–Crippen LogP) is 1.88. The van der Waals surface area contributed by atoms with Crippen LogP contribution in [0.1, 0.15) is 28.9 Å². The molecule has 0 fully saturated rings. The third-order valence-electron chi connectivity index (χ3n) is 1.70. The largest absolute Gasteiger partial charge is 0.294 e. The van der Waals surface area contributed by atoms with Crippen LogP contribution in [-0.4, -0.2) is 10.8 Å². The number of nitrogens with zero attached hydrogens (tertiary/aromatic N) is 2. The van der Waals surface area contributed by atoms with Gasteiger partial charge in [-0.1, -0.05) is 0 Å². The molecule has 0 aliphatic carbocycles. The zero-order valence-corrected chi connectivity index (χ0v) is 7.45. The Morgan fingerprint density at radius 3 is 2.92 bits per heavy atom. The van der Waals surface area contributed by atoms with E-state index >= 15 is 0 Å². The van der Waals surface area contributed by atoms with Crippen LogP contribution in [0.15, 0.2) is 18.3 Å². The highest BCUT2D eigenvalue weighted by atomic mass is 16.1. The van der Waals surface area contributed by atoms with Crippen LogP contribution in [0, 0.1) is 18.3 Å². The van der Waals surface area contributed by atoms with Gasteiger partial charge in [0.1, 0.15) is 0 Å². The maximum atomic E-state index is 11.3. The fourth-order valence-electron chi connectivity index (χ4n) is 0.947. The van der Waals surface area contributed by atoms with Crippen molar-refractivity contribution in [3.8, 4) is 6.07 Å². The molecular formula is C10H10N2O. The van der Waals surface area contributed by atoms with Crippen molar-refractivity contribution in [3.05, 3.63) is 29.6 Å². The Hall–Kier alpha value is -1.69. The summed E-state index contributed by atoms with van der Waals surface area (Å²) in [5.74, 6) is -0.0194. The Kier molecular flexibility index (Phi) is 3.15. The molecule has 3 nitrogen and oxygen atoms in total. The van der Waals surface area contributed by atoms with E-state index in [1.165, 1.54) is 0 Å². The number of carbonyl (C=O) groups excluding carboxylic acids is 1. The monoisotopic (exact) mass is 174 g/mol. The maximum absolute atomic E-state index is 11.3. The van der Waals surface area contributed by atoms with E-state index in [0.717, 1.165) is 5.69 Å². The van der Waals surface area contributed by atoms with Crippen molar-refractivity contribution in [2.45, 2.75) is 19.8 Å². The molecule has 0 atom stereocenters. The van der Waals surface area contributed by atoms with Crippen molar-refractivity contribution in [3.63, 3.8) is 0 Å². The molecule has 66 valence electrons. The normalized spacial score (nSPS) is 9.23. The van der Waals surface area contributed by atoms with Crippen molar-refractivity contribution in [2.24, 2.45) is 0 Å². The molecule has 0 N–H and O–H groups in total. The lowest BCUT2D eigenvalue weighted by atomic mass is 10.1. The first-order chi connectivity index (χ1) is 6.24. The molecule has 0 spiro atoms. The van der Waals surface area contributed by atoms with Gasteiger partial charge >= 0.3 is 0 Å². The van der Waals surface area contributed by atoms with Crippen LogP contribution in [0.2, 0.25) is 0 Å². The van der Waals surface area contributed by atoms with Gasteiger partial charge < -0.3 is 0 Å². The Balaban J connectivity index is 2.68. The molecule has 0 bridgehead atoms. The third-order valence-corrected chi connectivity index (χ3v) is 1.70. The van der Waals surface area contributed by atoms with Gasteiger partial charge in [-0.15, -0.1) is 0 Å². The number of carbonyl (C=O) groups is 1. The lowest BCUT2D eigenvalue weighted by Gasteiger charge is -1.97. The lowest BCUT2D eigenvalue weighted by molar-refractivity contribution is 0.0984. The van der Waals surface area contributed by atoms with Gasteiger partial charge in [-0.2, -0.15) is 5.26 Å². The van der Waals surface area contributed by atoms with Gasteiger partial charge in [0.15, 0.2) is 5.78 Å². The number of hydrogen-bond donors (Lipinski definition) is 0. The van der Waals surface area contributed by atoms with Gasteiger partial charge in [-0.3, -0.25) is 9.78 Å². The van der Waals surface area contributed by atoms with Crippen molar-refractivity contribution < 1.29 is 4.79 Å². The average Bonchev–Trinajstić information content (AvgIpc) is 2.15. The Bertz CT molecular complexity index is 335. The summed E-state index contributed by atoms with van der Waals surface area (Å²) < 4.78 is 0. The Morgan fingerprint density at radius 2 is 2.38 bits per heavy atom. The van der Waals surface area contributed by atoms with Crippen LogP contribution < -0.4 is 0 Å². The fraction of sp³-hybridized carbons (Fsp3) is 0.300. The van der Waals surface area contributed by atoms with Gasteiger partial charge in [0.2, 0.25) is 0 Å². The van der Waals surface area contributed by atoms with E-state index in [-0.39, 0.29) is 18.6 Å². The van der Waals surface area contributed by atoms with E-state index in [1.807, 2.05) is 13.0 Å². The van der Waals surface area contributed by atoms with Crippen LogP contribution in [-0.2, 0) is 0 Å². The minimum atomic E-state index is -0.0194. The second-order valence-corrected chi connectivity index (χ2v) is 2.77. The van der Waals surface area contributed by atoms with E-state index in [0.29, 0.717) is 5.56 Å². The summed E-state index contributed by atoms with van der Waals surface area (Å²) in [7, 11) is 0. The number of aryl methyl sites for hydroxylation is 1. The molecule has 0 unspecified atom stereocenters. The first-order valence-electron chi connectivity index (χ1n) is 4.07. The van der Waals surface area contributed by atoms with Crippen LogP contribution >= 0.6 is 0 Å². The number of rotatable bonds is 3.